The Hall–Kier alpha value is -3.26. The van der Waals surface area contributed by atoms with Gasteiger partial charge in [0.05, 0.1) is 46.8 Å². The minimum Gasteiger partial charge on any atom is -0.663 e. The van der Waals surface area contributed by atoms with E-state index in [0.717, 1.165) is 13.1 Å². The predicted molar refractivity (Wildman–Crippen MR) is 148 cm³/mol. The molecular weight excluding hydrogens is 503 g/mol. The number of benzene rings is 2. The normalized spacial score (nSPS) is 9.36. The number of anilines is 1. The average molecular weight is 545 g/mol. The minimum absolute atomic E-state index is 0. The number of methoxy groups -OCH3 is 5. The largest absolute Gasteiger partial charge is 1.00 e. The summed E-state index contributed by atoms with van der Waals surface area (Å²) >= 11 is 0. The molecule has 0 amide bonds. The van der Waals surface area contributed by atoms with Gasteiger partial charge in [-0.15, -0.1) is 0 Å². The van der Waals surface area contributed by atoms with Crippen LogP contribution in [0.5, 0.6) is 28.7 Å². The Kier molecular flexibility index (Phi) is 20.1. The van der Waals surface area contributed by atoms with Gasteiger partial charge in [0.1, 0.15) is 5.56 Å². The van der Waals surface area contributed by atoms with Gasteiger partial charge in [-0.05, 0) is 38.1 Å². The Labute approximate surface area is 243 Å². The Morgan fingerprint density at radius 1 is 0.667 bits per heavy atom. The van der Waals surface area contributed by atoms with Gasteiger partial charge in [-0.25, -0.2) is 9.59 Å². The summed E-state index contributed by atoms with van der Waals surface area (Å²) in [5.41, 5.74) is 0.820. The summed E-state index contributed by atoms with van der Waals surface area (Å²) < 4.78 is 25.6. The summed E-state index contributed by atoms with van der Waals surface area (Å²) in [4.78, 5) is 24.1. The maximum atomic E-state index is 11.3. The van der Waals surface area contributed by atoms with Gasteiger partial charge in [0.15, 0.2) is 23.0 Å². The van der Waals surface area contributed by atoms with Crippen LogP contribution in [-0.2, 0) is 0 Å². The SMILES string of the molecule is CCN(CC)c1c(C(=O)O)ccc(OC)c1OC.CC[N-]CC.COc1ccc(C(=O)O)c(OC)c1OC.[Li+]. The van der Waals surface area contributed by atoms with E-state index in [2.05, 4.69) is 5.32 Å². The van der Waals surface area contributed by atoms with Crippen LogP contribution in [0, 0.1) is 0 Å². The van der Waals surface area contributed by atoms with E-state index in [1.807, 2.05) is 32.6 Å². The molecule has 0 aromatic heterocycles. The van der Waals surface area contributed by atoms with Gasteiger partial charge >= 0.3 is 30.8 Å². The number of carboxylic acids is 2. The molecule has 12 heteroatoms. The van der Waals surface area contributed by atoms with Gasteiger partial charge in [0.2, 0.25) is 5.75 Å². The van der Waals surface area contributed by atoms with Crippen molar-refractivity contribution in [2.75, 3.05) is 66.6 Å². The molecule has 0 spiro atoms. The number of aromatic carboxylic acids is 2. The number of ether oxygens (including phenoxy) is 5. The molecule has 2 N–H and O–H groups in total. The fourth-order valence-electron chi connectivity index (χ4n) is 3.43. The summed E-state index contributed by atoms with van der Waals surface area (Å²) in [6, 6.07) is 6.07. The molecule has 11 nitrogen and oxygen atoms in total. The molecule has 0 fully saturated rings. The van der Waals surface area contributed by atoms with Gasteiger partial charge in [-0.2, -0.15) is 13.1 Å². The second-order valence-corrected chi connectivity index (χ2v) is 7.22. The zero-order valence-corrected chi connectivity index (χ0v) is 24.8. The maximum absolute atomic E-state index is 11.3. The van der Waals surface area contributed by atoms with Crippen LogP contribution in [-0.4, -0.2) is 83.9 Å². The van der Waals surface area contributed by atoms with Crippen LogP contribution < -0.4 is 47.4 Å². The summed E-state index contributed by atoms with van der Waals surface area (Å²) in [6.45, 7) is 11.3. The van der Waals surface area contributed by atoms with Crippen molar-refractivity contribution in [3.8, 4) is 28.7 Å². The molecule has 0 saturated heterocycles. The molecule has 0 aliphatic rings. The first kappa shape index (κ1) is 37.9. The van der Waals surface area contributed by atoms with Crippen LogP contribution in [0.2, 0.25) is 0 Å². The van der Waals surface area contributed by atoms with E-state index in [1.54, 1.807) is 6.07 Å². The number of carbonyl (C=O) groups is 2. The predicted octanol–water partition coefficient (Wildman–Crippen LogP) is 2.06. The first-order valence-corrected chi connectivity index (χ1v) is 12.1. The van der Waals surface area contributed by atoms with Crippen molar-refractivity contribution >= 4 is 17.6 Å². The molecule has 0 heterocycles. The standard InChI is InChI=1S/C13H19NO4.C10H12O5.C4H10N.Li/c1-5-14(6-2)11-9(13(15)16)7-8-10(17-3)12(11)18-4;1-13-7-5-4-6(10(11)12)8(14-2)9(7)15-3;1-3-5-4-2;/h7-8H,5-6H2,1-4H3,(H,15,16);4-5H,1-3H3,(H,11,12);3-4H2,1-2H3;/q;;-1;+1. The molecule has 2 aromatic rings. The number of hydrogen-bond acceptors (Lipinski definition) is 8. The zero-order valence-electron chi connectivity index (χ0n) is 24.8. The molecule has 2 aromatic carbocycles. The molecule has 0 aliphatic carbocycles. The molecule has 39 heavy (non-hydrogen) atoms. The third-order valence-corrected chi connectivity index (χ3v) is 5.21. The summed E-state index contributed by atoms with van der Waals surface area (Å²) in [7, 11) is 7.31. The van der Waals surface area contributed by atoms with Crippen molar-refractivity contribution in [2.24, 2.45) is 0 Å². The monoisotopic (exact) mass is 544 g/mol. The molecular formula is C27H41LiN2O9. The quantitative estimate of drug-likeness (QED) is 0.382. The smallest absolute Gasteiger partial charge is 0.663 e. The Bertz CT molecular complexity index is 1010. The second kappa shape index (κ2) is 20.7. The molecule has 0 bridgehead atoms. The number of rotatable bonds is 12. The summed E-state index contributed by atoms with van der Waals surface area (Å²) in [6.07, 6.45) is 0. The van der Waals surface area contributed by atoms with Crippen LogP contribution in [0.4, 0.5) is 5.69 Å². The first-order chi connectivity index (χ1) is 18.2. The fraction of sp³-hybridized carbons (Fsp3) is 0.481. The van der Waals surface area contributed by atoms with Crippen molar-refractivity contribution in [1.82, 2.24) is 0 Å². The van der Waals surface area contributed by atoms with Gasteiger partial charge in [-0.3, -0.25) is 0 Å². The summed E-state index contributed by atoms with van der Waals surface area (Å²) in [5.74, 6) is -0.195. The Balaban J connectivity index is 0. The average Bonchev–Trinajstić information content (AvgIpc) is 2.93. The van der Waals surface area contributed by atoms with Crippen LogP contribution in [0.15, 0.2) is 24.3 Å². The van der Waals surface area contributed by atoms with E-state index >= 15 is 0 Å². The van der Waals surface area contributed by atoms with Crippen molar-refractivity contribution in [1.29, 1.82) is 0 Å². The van der Waals surface area contributed by atoms with E-state index < -0.39 is 11.9 Å². The zero-order chi connectivity index (χ0) is 29.3. The van der Waals surface area contributed by atoms with Gasteiger partial charge < -0.3 is 44.1 Å². The third kappa shape index (κ3) is 10.8. The first-order valence-electron chi connectivity index (χ1n) is 12.1. The topological polar surface area (TPSA) is 138 Å². The molecule has 0 unspecified atom stereocenters. The molecule has 214 valence electrons. The van der Waals surface area contributed by atoms with Gasteiger partial charge in [0, 0.05) is 13.1 Å². The number of nitrogens with zero attached hydrogens (tertiary/aromatic N) is 2. The maximum Gasteiger partial charge on any atom is 1.00 e. The van der Waals surface area contributed by atoms with Gasteiger partial charge in [0.25, 0.3) is 0 Å². The van der Waals surface area contributed by atoms with Crippen molar-refractivity contribution in [3.63, 3.8) is 0 Å². The second-order valence-electron chi connectivity index (χ2n) is 7.22. The van der Waals surface area contributed by atoms with E-state index in [4.69, 9.17) is 28.8 Å². The van der Waals surface area contributed by atoms with Crippen molar-refractivity contribution in [3.05, 3.63) is 40.7 Å². The van der Waals surface area contributed by atoms with Crippen molar-refractivity contribution in [2.45, 2.75) is 27.7 Å². The van der Waals surface area contributed by atoms with Crippen LogP contribution in [0.3, 0.4) is 0 Å². The third-order valence-electron chi connectivity index (χ3n) is 5.21. The van der Waals surface area contributed by atoms with Crippen LogP contribution in [0.25, 0.3) is 5.32 Å². The van der Waals surface area contributed by atoms with Crippen molar-refractivity contribution < 1.29 is 62.3 Å². The number of hydrogen-bond donors (Lipinski definition) is 2. The van der Waals surface area contributed by atoms with Gasteiger partial charge in [-0.1, -0.05) is 13.8 Å². The van der Waals surface area contributed by atoms with E-state index in [1.165, 1.54) is 53.7 Å². The van der Waals surface area contributed by atoms with Crippen LogP contribution >= 0.6 is 0 Å². The van der Waals surface area contributed by atoms with E-state index in [0.29, 0.717) is 36.0 Å². The van der Waals surface area contributed by atoms with E-state index in [-0.39, 0.29) is 41.5 Å². The number of carboxylic acid groups (broad SMARTS) is 2. The molecule has 0 atom stereocenters. The Morgan fingerprint density at radius 2 is 1.08 bits per heavy atom. The Morgan fingerprint density at radius 3 is 1.38 bits per heavy atom. The molecule has 2 rings (SSSR count). The fourth-order valence-corrected chi connectivity index (χ4v) is 3.43. The molecule has 0 radical (unpaired) electrons. The molecule has 0 saturated carbocycles. The molecule has 0 aliphatic heterocycles. The summed E-state index contributed by atoms with van der Waals surface area (Å²) in [5, 5.41) is 22.1. The minimum atomic E-state index is -1.08. The van der Waals surface area contributed by atoms with Crippen LogP contribution in [0.1, 0.15) is 48.4 Å². The van der Waals surface area contributed by atoms with E-state index in [9.17, 15) is 14.7 Å².